The molecule has 0 bridgehead atoms. The summed E-state index contributed by atoms with van der Waals surface area (Å²) < 4.78 is 0. The number of piperidine rings is 1. The van der Waals surface area contributed by atoms with Crippen molar-refractivity contribution in [2.24, 2.45) is 5.73 Å². The zero-order chi connectivity index (χ0) is 16.2. The Kier molecular flexibility index (Phi) is 4.63. The van der Waals surface area contributed by atoms with Gasteiger partial charge in [0.05, 0.1) is 6.04 Å². The molecule has 2 unspecified atom stereocenters. The Morgan fingerprint density at radius 1 is 1.13 bits per heavy atom. The topological polar surface area (TPSA) is 75.4 Å². The molecule has 0 aromatic heterocycles. The van der Waals surface area contributed by atoms with E-state index in [9.17, 15) is 9.90 Å². The molecule has 0 aliphatic carbocycles. The lowest BCUT2D eigenvalue weighted by atomic mass is 9.91. The summed E-state index contributed by atoms with van der Waals surface area (Å²) in [5, 5.41) is 13.9. The van der Waals surface area contributed by atoms with E-state index in [0.29, 0.717) is 12.2 Å². The largest absolute Gasteiger partial charge is 0.507 e. The fraction of sp³-hybridized carbons (Fsp3) is 0.316. The summed E-state index contributed by atoms with van der Waals surface area (Å²) in [7, 11) is 0. The summed E-state index contributed by atoms with van der Waals surface area (Å²) in [6, 6.07) is 15.6. The van der Waals surface area contributed by atoms with Gasteiger partial charge in [-0.3, -0.25) is 4.79 Å². The van der Waals surface area contributed by atoms with Crippen molar-refractivity contribution < 1.29 is 9.90 Å². The first-order valence-electron chi connectivity index (χ1n) is 8.07. The lowest BCUT2D eigenvalue weighted by Gasteiger charge is -2.29. The van der Waals surface area contributed by atoms with Gasteiger partial charge in [0.15, 0.2) is 0 Å². The minimum Gasteiger partial charge on any atom is -0.507 e. The van der Waals surface area contributed by atoms with E-state index in [0.717, 1.165) is 36.0 Å². The second kappa shape index (κ2) is 6.84. The van der Waals surface area contributed by atoms with Gasteiger partial charge in [0.25, 0.3) is 0 Å². The summed E-state index contributed by atoms with van der Waals surface area (Å²) in [6.45, 7) is 0. The summed E-state index contributed by atoms with van der Waals surface area (Å²) in [6.07, 6.45) is 3.45. The molecule has 0 spiro atoms. The molecule has 120 valence electrons. The Hall–Kier alpha value is -2.33. The molecule has 23 heavy (non-hydrogen) atoms. The number of benzene rings is 2. The molecule has 4 nitrogen and oxygen atoms in total. The first-order valence-corrected chi connectivity index (χ1v) is 8.07. The Morgan fingerprint density at radius 2 is 1.91 bits per heavy atom. The zero-order valence-electron chi connectivity index (χ0n) is 13.0. The lowest BCUT2D eigenvalue weighted by molar-refractivity contribution is -0.120. The van der Waals surface area contributed by atoms with E-state index in [-0.39, 0.29) is 18.0 Å². The number of carbonyl (C=O) groups excluding carboxylic acids is 1. The molecule has 0 saturated carbocycles. The van der Waals surface area contributed by atoms with Crippen LogP contribution in [0.15, 0.2) is 48.5 Å². The van der Waals surface area contributed by atoms with Crippen LogP contribution in [-0.2, 0) is 11.2 Å². The van der Waals surface area contributed by atoms with E-state index in [1.807, 2.05) is 48.5 Å². The highest BCUT2D eigenvalue weighted by Crippen LogP contribution is 2.33. The quantitative estimate of drug-likeness (QED) is 0.812. The van der Waals surface area contributed by atoms with Gasteiger partial charge in [-0.25, -0.2) is 0 Å². The number of rotatable bonds is 4. The van der Waals surface area contributed by atoms with Crippen LogP contribution in [0.25, 0.3) is 11.1 Å². The van der Waals surface area contributed by atoms with Crippen molar-refractivity contribution >= 4 is 5.91 Å². The van der Waals surface area contributed by atoms with Crippen LogP contribution in [0.3, 0.4) is 0 Å². The summed E-state index contributed by atoms with van der Waals surface area (Å²) in [5.41, 5.74) is 8.14. The highest BCUT2D eigenvalue weighted by atomic mass is 16.3. The first-order chi connectivity index (χ1) is 11.1. The fourth-order valence-corrected chi connectivity index (χ4v) is 3.28. The third-order valence-electron chi connectivity index (χ3n) is 4.50. The van der Waals surface area contributed by atoms with E-state index in [1.54, 1.807) is 0 Å². The maximum absolute atomic E-state index is 11.4. The summed E-state index contributed by atoms with van der Waals surface area (Å²) >= 11 is 0. The molecule has 2 atom stereocenters. The zero-order valence-corrected chi connectivity index (χ0v) is 13.0. The van der Waals surface area contributed by atoms with Crippen molar-refractivity contribution in [3.8, 4) is 16.9 Å². The van der Waals surface area contributed by atoms with Gasteiger partial charge in [-0.1, -0.05) is 48.5 Å². The van der Waals surface area contributed by atoms with E-state index in [2.05, 4.69) is 5.32 Å². The number of phenolic OH excluding ortho intramolecular Hbond substituents is 1. The maximum Gasteiger partial charge on any atom is 0.234 e. The Bertz CT molecular complexity index is 685. The summed E-state index contributed by atoms with van der Waals surface area (Å²) in [4.78, 5) is 11.4. The van der Waals surface area contributed by atoms with Crippen LogP contribution in [0.4, 0.5) is 0 Å². The standard InChI is InChI=1S/C19H22N2O2/c20-19(23)17-11-5-9-15(21-17)12-14-8-4-10-16(18(14)22)13-6-2-1-3-7-13/h1-4,6-8,10,15,17,21-22H,5,9,11-12H2,(H2,20,23). The van der Waals surface area contributed by atoms with E-state index >= 15 is 0 Å². The smallest absolute Gasteiger partial charge is 0.234 e. The monoisotopic (exact) mass is 310 g/mol. The van der Waals surface area contributed by atoms with Crippen LogP contribution < -0.4 is 11.1 Å². The molecule has 1 aliphatic rings. The molecular formula is C19H22N2O2. The predicted octanol–water partition coefficient (Wildman–Crippen LogP) is 2.60. The minimum absolute atomic E-state index is 0.165. The lowest BCUT2D eigenvalue weighted by Crippen LogP contribution is -2.50. The normalized spacial score (nSPS) is 21.0. The van der Waals surface area contributed by atoms with Gasteiger partial charge in [-0.2, -0.15) is 0 Å². The van der Waals surface area contributed by atoms with E-state index < -0.39 is 0 Å². The third kappa shape index (κ3) is 3.54. The molecule has 3 rings (SSSR count). The molecule has 0 radical (unpaired) electrons. The van der Waals surface area contributed by atoms with Crippen LogP contribution in [0.5, 0.6) is 5.75 Å². The number of carbonyl (C=O) groups is 1. The van der Waals surface area contributed by atoms with Crippen LogP contribution in [0.1, 0.15) is 24.8 Å². The van der Waals surface area contributed by atoms with Gasteiger partial charge in [-0.15, -0.1) is 0 Å². The Balaban J connectivity index is 1.80. The molecule has 1 heterocycles. The van der Waals surface area contributed by atoms with Gasteiger partial charge >= 0.3 is 0 Å². The van der Waals surface area contributed by atoms with Crippen molar-refractivity contribution in [3.05, 3.63) is 54.1 Å². The number of aromatic hydroxyl groups is 1. The number of amides is 1. The number of primary amides is 1. The van der Waals surface area contributed by atoms with Crippen LogP contribution in [0, 0.1) is 0 Å². The Labute approximate surface area is 136 Å². The predicted molar refractivity (Wildman–Crippen MR) is 91.0 cm³/mol. The van der Waals surface area contributed by atoms with Gasteiger partial charge in [0, 0.05) is 11.6 Å². The van der Waals surface area contributed by atoms with Crippen molar-refractivity contribution in [2.45, 2.75) is 37.8 Å². The maximum atomic E-state index is 11.4. The molecule has 2 aromatic rings. The molecule has 4 heteroatoms. The average molecular weight is 310 g/mol. The molecule has 1 fully saturated rings. The van der Waals surface area contributed by atoms with Gasteiger partial charge in [-0.05, 0) is 36.8 Å². The highest BCUT2D eigenvalue weighted by Gasteiger charge is 2.25. The SMILES string of the molecule is NC(=O)C1CCCC(Cc2cccc(-c3ccccc3)c2O)N1. The third-order valence-corrected chi connectivity index (χ3v) is 4.50. The van der Waals surface area contributed by atoms with Gasteiger partial charge in [0.2, 0.25) is 5.91 Å². The number of hydrogen-bond acceptors (Lipinski definition) is 3. The van der Waals surface area contributed by atoms with Gasteiger partial charge < -0.3 is 16.2 Å². The van der Waals surface area contributed by atoms with Crippen LogP contribution in [-0.4, -0.2) is 23.1 Å². The highest BCUT2D eigenvalue weighted by molar-refractivity contribution is 5.80. The van der Waals surface area contributed by atoms with E-state index in [4.69, 9.17) is 5.73 Å². The van der Waals surface area contributed by atoms with Crippen molar-refractivity contribution in [1.82, 2.24) is 5.32 Å². The summed E-state index contributed by atoms with van der Waals surface area (Å²) in [5.74, 6) is 0.0265. The molecule has 1 saturated heterocycles. The molecule has 2 aromatic carbocycles. The number of para-hydroxylation sites is 1. The number of nitrogens with one attached hydrogen (secondary N) is 1. The first kappa shape index (κ1) is 15.6. The molecule has 1 aliphatic heterocycles. The second-order valence-electron chi connectivity index (χ2n) is 6.13. The van der Waals surface area contributed by atoms with Crippen LogP contribution >= 0.6 is 0 Å². The van der Waals surface area contributed by atoms with Crippen molar-refractivity contribution in [3.63, 3.8) is 0 Å². The number of hydrogen-bond donors (Lipinski definition) is 3. The Morgan fingerprint density at radius 3 is 2.65 bits per heavy atom. The minimum atomic E-state index is -0.294. The molecular weight excluding hydrogens is 288 g/mol. The second-order valence-corrected chi connectivity index (χ2v) is 6.13. The van der Waals surface area contributed by atoms with Gasteiger partial charge in [0.1, 0.15) is 5.75 Å². The van der Waals surface area contributed by atoms with Crippen LogP contribution in [0.2, 0.25) is 0 Å². The van der Waals surface area contributed by atoms with Crippen molar-refractivity contribution in [1.29, 1.82) is 0 Å². The number of phenols is 1. The van der Waals surface area contributed by atoms with Crippen molar-refractivity contribution in [2.75, 3.05) is 0 Å². The number of nitrogens with two attached hydrogens (primary N) is 1. The van der Waals surface area contributed by atoms with E-state index in [1.165, 1.54) is 0 Å². The average Bonchev–Trinajstić information content (AvgIpc) is 2.58. The fourth-order valence-electron chi connectivity index (χ4n) is 3.28. The molecule has 1 amide bonds. The molecule has 4 N–H and O–H groups in total.